The van der Waals surface area contributed by atoms with Gasteiger partial charge in [-0.15, -0.1) is 0 Å². The van der Waals surface area contributed by atoms with E-state index in [-0.39, 0.29) is 6.54 Å². The molecule has 0 rings (SSSR count). The minimum atomic E-state index is -2.39. The third kappa shape index (κ3) is 5.74. The Morgan fingerprint density at radius 1 is 2.00 bits per heavy atom. The van der Waals surface area contributed by atoms with Crippen LogP contribution in [0.3, 0.4) is 0 Å². The van der Waals surface area contributed by atoms with Gasteiger partial charge in [-0.1, -0.05) is 6.58 Å². The molecule has 0 radical (unpaired) electrons. The van der Waals surface area contributed by atoms with Crippen molar-refractivity contribution >= 4 is 11.3 Å². The number of rotatable bonds is 3. The van der Waals surface area contributed by atoms with E-state index in [2.05, 4.69) is 6.58 Å². The summed E-state index contributed by atoms with van der Waals surface area (Å²) in [6, 6.07) is 0. The van der Waals surface area contributed by atoms with Crippen LogP contribution >= 0.6 is 0 Å². The van der Waals surface area contributed by atoms with Gasteiger partial charge in [0.05, 0.1) is 6.54 Å². The first kappa shape index (κ1) is 7.74. The summed E-state index contributed by atoms with van der Waals surface area (Å²) >= 11 is -2.39. The van der Waals surface area contributed by atoms with Crippen molar-refractivity contribution in [1.29, 1.82) is 0 Å². The van der Waals surface area contributed by atoms with E-state index in [0.717, 1.165) is 0 Å². The highest BCUT2D eigenvalue weighted by Gasteiger charge is 1.85. The van der Waals surface area contributed by atoms with Crippen molar-refractivity contribution in [3.05, 3.63) is 12.4 Å². The molecule has 8 heavy (non-hydrogen) atoms. The average Bonchev–Trinajstić information content (AvgIpc) is 1.61. The summed E-state index contributed by atoms with van der Waals surface area (Å²) < 4.78 is 32.5. The Morgan fingerprint density at radius 2 is 2.50 bits per heavy atom. The predicted octanol–water partition coefficient (Wildman–Crippen LogP) is -0.147. The molecule has 0 spiro atoms. The first-order valence-corrected chi connectivity index (χ1v) is 2.86. The van der Waals surface area contributed by atoms with Gasteiger partial charge in [0.25, 0.3) is 0 Å². The summed E-state index contributed by atoms with van der Waals surface area (Å²) in [5.41, 5.74) is 0. The molecule has 0 aliphatic rings. The molecule has 0 aliphatic heterocycles. The summed E-state index contributed by atoms with van der Waals surface area (Å²) in [5.74, 6) is -0.700. The lowest BCUT2D eigenvalue weighted by molar-refractivity contribution is 0.518. The van der Waals surface area contributed by atoms with Gasteiger partial charge in [0.15, 0.2) is 0 Å². The van der Waals surface area contributed by atoms with Gasteiger partial charge in [0, 0.05) is 11.3 Å². The SMILES string of the molecule is C=C(F)CNS(=O)[O-]. The molecule has 1 unspecified atom stereocenters. The molecule has 48 valence electrons. The lowest BCUT2D eigenvalue weighted by Crippen LogP contribution is -2.17. The van der Waals surface area contributed by atoms with E-state index < -0.39 is 17.1 Å². The van der Waals surface area contributed by atoms with Crippen LogP contribution in [0.1, 0.15) is 0 Å². The van der Waals surface area contributed by atoms with Crippen molar-refractivity contribution in [2.24, 2.45) is 0 Å². The van der Waals surface area contributed by atoms with Crippen molar-refractivity contribution in [2.75, 3.05) is 6.54 Å². The highest BCUT2D eigenvalue weighted by Crippen LogP contribution is 1.85. The molecular weight excluding hydrogens is 133 g/mol. The summed E-state index contributed by atoms with van der Waals surface area (Å²) in [5, 5.41) is 0. The van der Waals surface area contributed by atoms with E-state index in [1.165, 1.54) is 0 Å². The van der Waals surface area contributed by atoms with Crippen LogP contribution in [0, 0.1) is 0 Å². The monoisotopic (exact) mass is 138 g/mol. The second-order valence-corrected chi connectivity index (χ2v) is 1.83. The maximum Gasteiger partial charge on any atom is 0.107 e. The van der Waals surface area contributed by atoms with Gasteiger partial charge < -0.3 is 4.55 Å². The Kier molecular flexibility index (Phi) is 3.59. The Morgan fingerprint density at radius 3 is 2.62 bits per heavy atom. The topological polar surface area (TPSA) is 52.2 Å². The molecular formula is C3H5FNO2S-. The van der Waals surface area contributed by atoms with Crippen molar-refractivity contribution < 1.29 is 13.2 Å². The lowest BCUT2D eigenvalue weighted by Gasteiger charge is -2.02. The van der Waals surface area contributed by atoms with Crippen LogP contribution in [-0.4, -0.2) is 15.3 Å². The Labute approximate surface area is 49.0 Å². The molecule has 0 fully saturated rings. The molecule has 0 saturated heterocycles. The maximum atomic E-state index is 11.5. The van der Waals surface area contributed by atoms with Gasteiger partial charge in [-0.05, 0) is 0 Å². The summed E-state index contributed by atoms with van der Waals surface area (Å²) in [4.78, 5) is 0. The molecule has 0 amide bonds. The smallest absolute Gasteiger partial charge is 0.107 e. The number of nitrogens with one attached hydrogen (secondary N) is 1. The van der Waals surface area contributed by atoms with Crippen molar-refractivity contribution in [2.45, 2.75) is 0 Å². The zero-order chi connectivity index (χ0) is 6.57. The molecule has 3 nitrogen and oxygen atoms in total. The average molecular weight is 138 g/mol. The molecule has 0 bridgehead atoms. The first-order valence-electron chi connectivity index (χ1n) is 1.79. The molecule has 0 saturated carbocycles. The largest absolute Gasteiger partial charge is 0.760 e. The third-order valence-corrected chi connectivity index (χ3v) is 0.762. The van der Waals surface area contributed by atoms with E-state index in [9.17, 15) is 13.2 Å². The third-order valence-electron chi connectivity index (χ3n) is 0.382. The van der Waals surface area contributed by atoms with E-state index >= 15 is 0 Å². The van der Waals surface area contributed by atoms with Gasteiger partial charge in [-0.3, -0.25) is 4.21 Å². The Bertz CT molecular complexity index is 102. The van der Waals surface area contributed by atoms with Crippen LogP contribution in [0.4, 0.5) is 4.39 Å². The molecule has 1 atom stereocenters. The van der Waals surface area contributed by atoms with Gasteiger partial charge in [-0.2, -0.15) is 0 Å². The fraction of sp³-hybridized carbons (Fsp3) is 0.333. The van der Waals surface area contributed by atoms with Crippen molar-refractivity contribution in [1.82, 2.24) is 4.72 Å². The van der Waals surface area contributed by atoms with Crippen molar-refractivity contribution in [3.63, 3.8) is 0 Å². The molecule has 0 aromatic heterocycles. The molecule has 0 aromatic rings. The second kappa shape index (κ2) is 3.71. The summed E-state index contributed by atoms with van der Waals surface area (Å²) in [6.45, 7) is 2.49. The van der Waals surface area contributed by atoms with Crippen LogP contribution < -0.4 is 4.72 Å². The zero-order valence-electron chi connectivity index (χ0n) is 4.02. The van der Waals surface area contributed by atoms with Crippen molar-refractivity contribution in [3.8, 4) is 0 Å². The van der Waals surface area contributed by atoms with Crippen LogP contribution in [0.5, 0.6) is 0 Å². The summed E-state index contributed by atoms with van der Waals surface area (Å²) in [7, 11) is 0. The molecule has 0 aliphatic carbocycles. The van der Waals surface area contributed by atoms with E-state index in [0.29, 0.717) is 0 Å². The highest BCUT2D eigenvalue weighted by atomic mass is 32.2. The number of hydrogen-bond donors (Lipinski definition) is 1. The molecule has 0 heterocycles. The quantitative estimate of drug-likeness (QED) is 0.551. The molecule has 1 N–H and O–H groups in total. The predicted molar refractivity (Wildman–Crippen MR) is 27.2 cm³/mol. The normalized spacial score (nSPS) is 13.2. The molecule has 0 aromatic carbocycles. The van der Waals surface area contributed by atoms with Gasteiger partial charge >= 0.3 is 0 Å². The van der Waals surface area contributed by atoms with Crippen LogP contribution in [0.25, 0.3) is 0 Å². The van der Waals surface area contributed by atoms with E-state index in [4.69, 9.17) is 0 Å². The zero-order valence-corrected chi connectivity index (χ0v) is 4.83. The fourth-order valence-electron chi connectivity index (χ4n) is 0.137. The minimum absolute atomic E-state index is 0.337. The van der Waals surface area contributed by atoms with E-state index in [1.54, 1.807) is 4.72 Å². The standard InChI is InChI=1S/C3H6FNO2S/c1-3(4)2-5-8(6)7/h5H,1-2H2,(H,6,7)/p-1. The van der Waals surface area contributed by atoms with Gasteiger partial charge in [0.1, 0.15) is 5.83 Å². The highest BCUT2D eigenvalue weighted by molar-refractivity contribution is 7.77. The van der Waals surface area contributed by atoms with Crippen LogP contribution in [0.15, 0.2) is 12.4 Å². The molecule has 5 heteroatoms. The van der Waals surface area contributed by atoms with Gasteiger partial charge in [-0.25, -0.2) is 9.11 Å². The Hall–Kier alpha value is -0.260. The van der Waals surface area contributed by atoms with Gasteiger partial charge in [0.2, 0.25) is 0 Å². The second-order valence-electron chi connectivity index (χ2n) is 1.07. The maximum absolute atomic E-state index is 11.5. The Balaban J connectivity index is 3.18. The van der Waals surface area contributed by atoms with Crippen LogP contribution in [-0.2, 0) is 11.3 Å². The summed E-state index contributed by atoms with van der Waals surface area (Å²) in [6.07, 6.45) is 0. The number of halogens is 1. The number of hydrogen-bond acceptors (Lipinski definition) is 2. The fourth-order valence-corrected chi connectivity index (χ4v) is 0.412. The first-order chi connectivity index (χ1) is 3.63. The minimum Gasteiger partial charge on any atom is -0.760 e. The lowest BCUT2D eigenvalue weighted by atomic mass is 10.6. The van der Waals surface area contributed by atoms with E-state index in [1.807, 2.05) is 0 Å². The van der Waals surface area contributed by atoms with Crippen LogP contribution in [0.2, 0.25) is 0 Å².